The van der Waals surface area contributed by atoms with Crippen LogP contribution in [0.2, 0.25) is 0 Å². The van der Waals surface area contributed by atoms with Gasteiger partial charge in [-0.2, -0.15) is 0 Å². The van der Waals surface area contributed by atoms with E-state index in [-0.39, 0.29) is 17.2 Å². The molecule has 1 N–H and O–H groups in total. The number of benzene rings is 2. The number of carbonyl (C=O) groups is 1. The van der Waals surface area contributed by atoms with Crippen molar-refractivity contribution < 1.29 is 4.79 Å². The van der Waals surface area contributed by atoms with E-state index in [1.807, 2.05) is 66.0 Å². The molecular weight excluding hydrogens is 378 g/mol. The van der Waals surface area contributed by atoms with Gasteiger partial charge in [-0.3, -0.25) is 14.2 Å². The molecule has 0 atom stereocenters. The molecule has 2 aromatic heterocycles. The zero-order valence-corrected chi connectivity index (χ0v) is 15.8. The van der Waals surface area contributed by atoms with Crippen molar-refractivity contribution >= 4 is 44.9 Å². The molecule has 2 aromatic carbocycles. The summed E-state index contributed by atoms with van der Waals surface area (Å²) in [6, 6.07) is 20.4. The summed E-state index contributed by atoms with van der Waals surface area (Å²) >= 11 is 2.67. The van der Waals surface area contributed by atoms with Crippen molar-refractivity contribution in [1.29, 1.82) is 0 Å². The number of nitrogens with zero attached hydrogens (tertiary/aromatic N) is 2. The number of para-hydroxylation sites is 2. The van der Waals surface area contributed by atoms with Crippen LogP contribution in [-0.2, 0) is 4.79 Å². The average molecular weight is 393 g/mol. The van der Waals surface area contributed by atoms with E-state index in [2.05, 4.69) is 10.3 Å². The minimum absolute atomic E-state index is 0.126. The second-order valence-electron chi connectivity index (χ2n) is 5.71. The summed E-state index contributed by atoms with van der Waals surface area (Å²) in [7, 11) is 0. The Bertz CT molecular complexity index is 1140. The Labute approximate surface area is 163 Å². The van der Waals surface area contributed by atoms with E-state index in [0.717, 1.165) is 11.4 Å². The molecular formula is C20H15N3O2S2. The van der Waals surface area contributed by atoms with Crippen LogP contribution in [0.1, 0.15) is 0 Å². The van der Waals surface area contributed by atoms with Crippen molar-refractivity contribution in [3.8, 4) is 5.69 Å². The number of aromatic nitrogens is 2. The maximum atomic E-state index is 13.0. The number of thiophene rings is 1. The summed E-state index contributed by atoms with van der Waals surface area (Å²) in [5, 5.41) is 5.79. The van der Waals surface area contributed by atoms with Crippen LogP contribution in [0.3, 0.4) is 0 Å². The number of nitrogens with one attached hydrogen (secondary N) is 1. The van der Waals surface area contributed by atoms with Gasteiger partial charge in [0.1, 0.15) is 4.83 Å². The highest BCUT2D eigenvalue weighted by molar-refractivity contribution is 7.99. The van der Waals surface area contributed by atoms with Gasteiger partial charge in [-0.25, -0.2) is 4.98 Å². The van der Waals surface area contributed by atoms with E-state index < -0.39 is 0 Å². The summed E-state index contributed by atoms with van der Waals surface area (Å²) < 4.78 is 1.56. The van der Waals surface area contributed by atoms with Crippen LogP contribution in [0.5, 0.6) is 0 Å². The van der Waals surface area contributed by atoms with Gasteiger partial charge in [0.2, 0.25) is 5.91 Å². The lowest BCUT2D eigenvalue weighted by atomic mass is 10.3. The smallest absolute Gasteiger partial charge is 0.267 e. The molecule has 0 saturated carbocycles. The highest BCUT2D eigenvalue weighted by Crippen LogP contribution is 2.24. The standard InChI is InChI=1S/C20H15N3O2S2/c24-17(21-14-7-3-1-4-8-14)13-27-20-22-18-16(11-12-26-18)19(25)23(20)15-9-5-2-6-10-15/h1-12H,13H2,(H,21,24). The van der Waals surface area contributed by atoms with Crippen molar-refractivity contribution in [1.82, 2.24) is 9.55 Å². The highest BCUT2D eigenvalue weighted by atomic mass is 32.2. The van der Waals surface area contributed by atoms with Crippen molar-refractivity contribution in [3.63, 3.8) is 0 Å². The first-order valence-electron chi connectivity index (χ1n) is 8.26. The molecule has 0 unspecified atom stereocenters. The lowest BCUT2D eigenvalue weighted by Gasteiger charge is -2.12. The Morgan fingerprint density at radius 3 is 2.48 bits per heavy atom. The SMILES string of the molecule is O=C(CSc1nc2sccc2c(=O)n1-c1ccccc1)Nc1ccccc1. The number of fused-ring (bicyclic) bond motifs is 1. The number of hydrogen-bond donors (Lipinski definition) is 1. The monoisotopic (exact) mass is 393 g/mol. The molecule has 27 heavy (non-hydrogen) atoms. The maximum Gasteiger partial charge on any atom is 0.267 e. The quantitative estimate of drug-likeness (QED) is 0.408. The predicted molar refractivity (Wildman–Crippen MR) is 111 cm³/mol. The average Bonchev–Trinajstić information content (AvgIpc) is 3.17. The third kappa shape index (κ3) is 3.79. The van der Waals surface area contributed by atoms with Crippen LogP contribution in [-0.4, -0.2) is 21.2 Å². The van der Waals surface area contributed by atoms with E-state index in [9.17, 15) is 9.59 Å². The molecule has 1 amide bonds. The van der Waals surface area contributed by atoms with Gasteiger partial charge >= 0.3 is 0 Å². The van der Waals surface area contributed by atoms with Crippen LogP contribution in [0.15, 0.2) is 82.1 Å². The zero-order chi connectivity index (χ0) is 18.6. The van der Waals surface area contributed by atoms with Crippen LogP contribution in [0.4, 0.5) is 5.69 Å². The van der Waals surface area contributed by atoms with Gasteiger partial charge in [0.25, 0.3) is 5.56 Å². The summed E-state index contributed by atoms with van der Waals surface area (Å²) in [5.74, 6) is 0.0109. The Morgan fingerprint density at radius 2 is 1.74 bits per heavy atom. The van der Waals surface area contributed by atoms with Crippen LogP contribution < -0.4 is 10.9 Å². The van der Waals surface area contributed by atoms with Crippen LogP contribution in [0.25, 0.3) is 15.9 Å². The predicted octanol–water partition coefficient (Wildman–Crippen LogP) is 4.18. The topological polar surface area (TPSA) is 64.0 Å². The lowest BCUT2D eigenvalue weighted by Crippen LogP contribution is -2.22. The van der Waals surface area contributed by atoms with Gasteiger partial charge in [-0.1, -0.05) is 48.2 Å². The van der Waals surface area contributed by atoms with Gasteiger partial charge in [-0.15, -0.1) is 11.3 Å². The van der Waals surface area contributed by atoms with E-state index in [1.165, 1.54) is 23.1 Å². The number of anilines is 1. The molecule has 4 rings (SSSR count). The number of carbonyl (C=O) groups excluding carboxylic acids is 1. The van der Waals surface area contributed by atoms with Gasteiger partial charge in [0, 0.05) is 5.69 Å². The lowest BCUT2D eigenvalue weighted by molar-refractivity contribution is -0.113. The molecule has 0 aliphatic heterocycles. The van der Waals surface area contributed by atoms with Crippen molar-refractivity contribution in [2.45, 2.75) is 5.16 Å². The molecule has 0 bridgehead atoms. The molecule has 0 spiro atoms. The Morgan fingerprint density at radius 1 is 1.04 bits per heavy atom. The minimum Gasteiger partial charge on any atom is -0.325 e. The van der Waals surface area contributed by atoms with E-state index in [1.54, 1.807) is 10.6 Å². The number of thioether (sulfide) groups is 1. The first-order valence-corrected chi connectivity index (χ1v) is 10.1. The van der Waals surface area contributed by atoms with E-state index in [4.69, 9.17) is 0 Å². The number of rotatable bonds is 5. The molecule has 134 valence electrons. The first kappa shape index (κ1) is 17.5. The van der Waals surface area contributed by atoms with Crippen molar-refractivity contribution in [3.05, 3.63) is 82.5 Å². The van der Waals surface area contributed by atoms with E-state index in [0.29, 0.717) is 15.4 Å². The van der Waals surface area contributed by atoms with Crippen LogP contribution >= 0.6 is 23.1 Å². The maximum absolute atomic E-state index is 13.0. The second-order valence-corrected chi connectivity index (χ2v) is 7.55. The number of amides is 1. The molecule has 0 fully saturated rings. The largest absolute Gasteiger partial charge is 0.325 e. The van der Waals surface area contributed by atoms with Gasteiger partial charge in [0.15, 0.2) is 5.16 Å². The Kier molecular flexibility index (Phi) is 5.04. The second kappa shape index (κ2) is 7.77. The minimum atomic E-state index is -0.147. The number of hydrogen-bond acceptors (Lipinski definition) is 5. The molecule has 2 heterocycles. The fourth-order valence-corrected chi connectivity index (χ4v) is 4.26. The molecule has 0 aliphatic carbocycles. The molecule has 0 radical (unpaired) electrons. The summed E-state index contributed by atoms with van der Waals surface area (Å²) in [6.07, 6.45) is 0. The van der Waals surface area contributed by atoms with Gasteiger partial charge < -0.3 is 5.32 Å². The fourth-order valence-electron chi connectivity index (χ4n) is 2.65. The van der Waals surface area contributed by atoms with Gasteiger partial charge in [0.05, 0.1) is 16.8 Å². The third-order valence-corrected chi connectivity index (χ3v) is 5.62. The molecule has 4 aromatic rings. The van der Waals surface area contributed by atoms with Crippen molar-refractivity contribution in [2.24, 2.45) is 0 Å². The van der Waals surface area contributed by atoms with Gasteiger partial charge in [-0.05, 0) is 35.7 Å². The highest BCUT2D eigenvalue weighted by Gasteiger charge is 2.15. The van der Waals surface area contributed by atoms with Crippen LogP contribution in [0, 0.1) is 0 Å². The third-order valence-electron chi connectivity index (χ3n) is 3.87. The van der Waals surface area contributed by atoms with Crippen molar-refractivity contribution in [2.75, 3.05) is 11.1 Å². The molecule has 0 saturated heterocycles. The Hall–Kier alpha value is -2.90. The summed E-state index contributed by atoms with van der Waals surface area (Å²) in [6.45, 7) is 0. The summed E-state index contributed by atoms with van der Waals surface area (Å²) in [5.41, 5.74) is 1.35. The normalized spacial score (nSPS) is 10.8. The molecule has 7 heteroatoms. The molecule has 0 aliphatic rings. The zero-order valence-electron chi connectivity index (χ0n) is 14.2. The molecule has 5 nitrogen and oxygen atoms in total. The fraction of sp³-hybridized carbons (Fsp3) is 0.0500. The first-order chi connectivity index (χ1) is 13.2. The summed E-state index contributed by atoms with van der Waals surface area (Å²) in [4.78, 5) is 30.5. The Balaban J connectivity index is 1.64. The van der Waals surface area contributed by atoms with E-state index >= 15 is 0 Å².